The molecule has 0 spiro atoms. The molecule has 59 heavy (non-hydrogen) atoms. The second-order valence-electron chi connectivity index (χ2n) is 15.3. The van der Waals surface area contributed by atoms with Crippen molar-refractivity contribution in [3.8, 4) is 33.4 Å². The molecule has 0 fully saturated rings. The molecule has 0 amide bonds. The smallest absolute Gasteiger partial charge is 0.136 e. The number of furan rings is 2. The van der Waals surface area contributed by atoms with Crippen molar-refractivity contribution < 1.29 is 8.83 Å². The molecule has 0 aliphatic carbocycles. The van der Waals surface area contributed by atoms with Gasteiger partial charge in [0.15, 0.2) is 0 Å². The van der Waals surface area contributed by atoms with Gasteiger partial charge in [-0.3, -0.25) is 0 Å². The van der Waals surface area contributed by atoms with Crippen LogP contribution in [0.1, 0.15) is 0 Å². The van der Waals surface area contributed by atoms with Crippen molar-refractivity contribution in [3.05, 3.63) is 212 Å². The highest BCUT2D eigenvalue weighted by Crippen LogP contribution is 2.44. The summed E-state index contributed by atoms with van der Waals surface area (Å²) >= 11 is 0. The first-order valence-corrected chi connectivity index (χ1v) is 20.1. The molecule has 0 saturated heterocycles. The van der Waals surface area contributed by atoms with Gasteiger partial charge in [0.05, 0.1) is 5.69 Å². The molecule has 0 N–H and O–H groups in total. The zero-order chi connectivity index (χ0) is 38.9. The SMILES string of the molecule is c1cc(-c2ccc3ccccc3c2)cc(N(c2ccc(-c3ccc4oc5ccccc5c4c3)cc2)c2ccccc2-c2ccc3oc4cc5ccccc5cc4c3c2)c1. The summed E-state index contributed by atoms with van der Waals surface area (Å²) in [7, 11) is 0. The van der Waals surface area contributed by atoms with Gasteiger partial charge in [-0.05, 0) is 128 Å². The number of hydrogen-bond donors (Lipinski definition) is 0. The second-order valence-corrected chi connectivity index (χ2v) is 15.3. The first-order chi connectivity index (χ1) is 29.2. The maximum absolute atomic E-state index is 6.42. The Morgan fingerprint density at radius 2 is 0.831 bits per heavy atom. The van der Waals surface area contributed by atoms with E-state index < -0.39 is 0 Å². The summed E-state index contributed by atoms with van der Waals surface area (Å²) in [5.41, 5.74) is 13.7. The third kappa shape index (κ3) is 5.67. The predicted octanol–water partition coefficient (Wildman–Crippen LogP) is 16.3. The van der Waals surface area contributed by atoms with E-state index in [0.717, 1.165) is 88.8 Å². The van der Waals surface area contributed by atoms with Gasteiger partial charge in [0.1, 0.15) is 22.3 Å². The van der Waals surface area contributed by atoms with Gasteiger partial charge >= 0.3 is 0 Å². The molecule has 12 aromatic rings. The lowest BCUT2D eigenvalue weighted by Gasteiger charge is -2.28. The van der Waals surface area contributed by atoms with Gasteiger partial charge in [-0.15, -0.1) is 0 Å². The molecule has 0 aliphatic heterocycles. The van der Waals surface area contributed by atoms with E-state index in [4.69, 9.17) is 8.83 Å². The summed E-state index contributed by atoms with van der Waals surface area (Å²) in [6, 6.07) is 76.0. The fraction of sp³-hybridized carbons (Fsp3) is 0. The van der Waals surface area contributed by atoms with Crippen LogP contribution in [-0.2, 0) is 0 Å². The highest BCUT2D eigenvalue weighted by molar-refractivity contribution is 6.11. The minimum atomic E-state index is 0.883. The maximum atomic E-state index is 6.42. The van der Waals surface area contributed by atoms with Crippen molar-refractivity contribution in [1.29, 1.82) is 0 Å². The zero-order valence-corrected chi connectivity index (χ0v) is 32.0. The molecule has 3 nitrogen and oxygen atoms in total. The number of fused-ring (bicyclic) bond motifs is 8. The number of nitrogens with zero attached hydrogens (tertiary/aromatic N) is 1. The Kier molecular flexibility index (Phi) is 7.54. The minimum absolute atomic E-state index is 0.883. The Hall–Kier alpha value is -7.88. The Bertz CT molecular complexity index is 3570. The van der Waals surface area contributed by atoms with E-state index in [9.17, 15) is 0 Å². The van der Waals surface area contributed by atoms with Crippen LogP contribution in [0.25, 0.3) is 98.8 Å². The van der Waals surface area contributed by atoms with E-state index in [0.29, 0.717) is 0 Å². The molecule has 0 atom stereocenters. The average molecular weight is 754 g/mol. The maximum Gasteiger partial charge on any atom is 0.136 e. The van der Waals surface area contributed by atoms with Crippen LogP contribution >= 0.6 is 0 Å². The van der Waals surface area contributed by atoms with E-state index >= 15 is 0 Å². The van der Waals surface area contributed by atoms with Crippen LogP contribution in [0.4, 0.5) is 17.1 Å². The van der Waals surface area contributed by atoms with Crippen molar-refractivity contribution >= 4 is 82.5 Å². The van der Waals surface area contributed by atoms with Gasteiger partial charge in [-0.1, -0.05) is 133 Å². The number of benzene rings is 10. The molecule has 12 rings (SSSR count). The molecule has 3 heteroatoms. The van der Waals surface area contributed by atoms with Crippen molar-refractivity contribution in [3.63, 3.8) is 0 Å². The third-order valence-electron chi connectivity index (χ3n) is 11.8. The van der Waals surface area contributed by atoms with E-state index in [2.05, 4.69) is 205 Å². The summed E-state index contributed by atoms with van der Waals surface area (Å²) in [5, 5.41) is 9.32. The van der Waals surface area contributed by atoms with Crippen LogP contribution in [0.5, 0.6) is 0 Å². The van der Waals surface area contributed by atoms with Crippen LogP contribution < -0.4 is 4.90 Å². The average Bonchev–Trinajstić information content (AvgIpc) is 3.85. The molecule has 0 unspecified atom stereocenters. The number of hydrogen-bond acceptors (Lipinski definition) is 3. The molecule has 0 aliphatic rings. The topological polar surface area (TPSA) is 29.5 Å². The van der Waals surface area contributed by atoms with Gasteiger partial charge in [0, 0.05) is 38.5 Å². The van der Waals surface area contributed by atoms with Crippen molar-refractivity contribution in [2.75, 3.05) is 4.90 Å². The molecule has 2 aromatic heterocycles. The van der Waals surface area contributed by atoms with Crippen LogP contribution in [0.3, 0.4) is 0 Å². The molecule has 0 radical (unpaired) electrons. The van der Waals surface area contributed by atoms with Gasteiger partial charge in [0.25, 0.3) is 0 Å². The molecule has 0 saturated carbocycles. The van der Waals surface area contributed by atoms with E-state index in [1.807, 2.05) is 12.1 Å². The fourth-order valence-corrected chi connectivity index (χ4v) is 8.87. The van der Waals surface area contributed by atoms with Crippen LogP contribution in [0, 0.1) is 0 Å². The van der Waals surface area contributed by atoms with Crippen LogP contribution in [0.2, 0.25) is 0 Å². The lowest BCUT2D eigenvalue weighted by molar-refractivity contribution is 0.669. The molecule has 2 heterocycles. The summed E-state index contributed by atoms with van der Waals surface area (Å²) < 4.78 is 12.6. The molecule has 10 aromatic carbocycles. The molecule has 276 valence electrons. The summed E-state index contributed by atoms with van der Waals surface area (Å²) in [6.07, 6.45) is 0. The van der Waals surface area contributed by atoms with E-state index in [-0.39, 0.29) is 0 Å². The highest BCUT2D eigenvalue weighted by atomic mass is 16.3. The Morgan fingerprint density at radius 3 is 1.68 bits per heavy atom. The minimum Gasteiger partial charge on any atom is -0.456 e. The second kappa shape index (κ2) is 13.4. The van der Waals surface area contributed by atoms with Crippen LogP contribution in [-0.4, -0.2) is 0 Å². The lowest BCUT2D eigenvalue weighted by Crippen LogP contribution is -2.11. The lowest BCUT2D eigenvalue weighted by atomic mass is 9.97. The first kappa shape index (κ1) is 33.3. The molecule has 0 bridgehead atoms. The number of anilines is 3. The summed E-state index contributed by atoms with van der Waals surface area (Å²) in [4.78, 5) is 2.39. The van der Waals surface area contributed by atoms with Gasteiger partial charge in [-0.2, -0.15) is 0 Å². The zero-order valence-electron chi connectivity index (χ0n) is 32.0. The first-order valence-electron chi connectivity index (χ1n) is 20.1. The largest absolute Gasteiger partial charge is 0.456 e. The van der Waals surface area contributed by atoms with Gasteiger partial charge in [0.2, 0.25) is 0 Å². The summed E-state index contributed by atoms with van der Waals surface area (Å²) in [5.74, 6) is 0. The Labute approximate surface area is 340 Å². The quantitative estimate of drug-likeness (QED) is 0.169. The molecular formula is C56H35NO2. The highest BCUT2D eigenvalue weighted by Gasteiger charge is 2.20. The van der Waals surface area contributed by atoms with Gasteiger partial charge < -0.3 is 13.7 Å². The number of para-hydroxylation sites is 2. The van der Waals surface area contributed by atoms with Crippen LogP contribution in [0.15, 0.2) is 221 Å². The monoisotopic (exact) mass is 753 g/mol. The predicted molar refractivity (Wildman–Crippen MR) is 247 cm³/mol. The normalized spacial score (nSPS) is 11.7. The van der Waals surface area contributed by atoms with E-state index in [1.54, 1.807) is 0 Å². The molecular weight excluding hydrogens is 719 g/mol. The van der Waals surface area contributed by atoms with Crippen molar-refractivity contribution in [2.45, 2.75) is 0 Å². The van der Waals surface area contributed by atoms with Gasteiger partial charge in [-0.25, -0.2) is 0 Å². The van der Waals surface area contributed by atoms with E-state index in [1.165, 1.54) is 27.1 Å². The standard InChI is InChI=1S/C56H35NO2/c1-2-11-38-30-42(21-20-36(38)10-1)39-14-9-15-46(31-39)57(45-26-22-37(23-27-45)43-24-28-54-49(33-43)48-17-6-8-19-53(48)58-54)52-18-7-5-16-47(52)44-25-29-55-50(34-44)51-32-40-12-3-4-13-41(40)35-56(51)59-55/h1-35H. The fourth-order valence-electron chi connectivity index (χ4n) is 8.87. The summed E-state index contributed by atoms with van der Waals surface area (Å²) in [6.45, 7) is 0. The van der Waals surface area contributed by atoms with Crippen molar-refractivity contribution in [2.24, 2.45) is 0 Å². The third-order valence-corrected chi connectivity index (χ3v) is 11.8. The Balaban J connectivity index is 1.01. The number of rotatable bonds is 6. The Morgan fingerprint density at radius 1 is 0.271 bits per heavy atom. The van der Waals surface area contributed by atoms with Crippen molar-refractivity contribution in [1.82, 2.24) is 0 Å².